The Bertz CT molecular complexity index is 479. The lowest BCUT2D eigenvalue weighted by molar-refractivity contribution is 0.228. The number of benzene rings is 1. The van der Waals surface area contributed by atoms with Gasteiger partial charge >= 0.3 is 0 Å². The fourth-order valence-corrected chi connectivity index (χ4v) is 2.71. The lowest BCUT2D eigenvalue weighted by Crippen LogP contribution is -2.32. The zero-order chi connectivity index (χ0) is 14.9. The summed E-state index contributed by atoms with van der Waals surface area (Å²) in [5.74, 6) is 2.28. The molecule has 0 amide bonds. The summed E-state index contributed by atoms with van der Waals surface area (Å²) in [4.78, 5) is 0. The Hall–Kier alpha value is -1.42. The van der Waals surface area contributed by atoms with Gasteiger partial charge in [-0.15, -0.1) is 0 Å². The molecule has 1 aliphatic rings. The molecule has 0 spiro atoms. The first kappa shape index (κ1) is 15.0. The first-order valence-corrected chi connectivity index (χ1v) is 7.13. The molecule has 1 saturated carbocycles. The smallest absolute Gasteiger partial charge is 0.165 e. The van der Waals surface area contributed by atoms with Crippen LogP contribution in [0.3, 0.4) is 0 Å². The number of ether oxygens (including phenoxy) is 3. The van der Waals surface area contributed by atoms with Crippen molar-refractivity contribution in [3.8, 4) is 17.2 Å². The van der Waals surface area contributed by atoms with Crippen LogP contribution in [0.15, 0.2) is 12.1 Å². The molecule has 1 aromatic carbocycles. The van der Waals surface area contributed by atoms with Gasteiger partial charge in [0.2, 0.25) is 0 Å². The maximum absolute atomic E-state index is 6.17. The maximum atomic E-state index is 6.17. The molecule has 20 heavy (non-hydrogen) atoms. The molecule has 2 N–H and O–H groups in total. The first-order chi connectivity index (χ1) is 9.44. The van der Waals surface area contributed by atoms with Crippen LogP contribution in [0.1, 0.15) is 39.2 Å². The molecule has 0 aromatic heterocycles. The third-order valence-electron chi connectivity index (χ3n) is 4.05. The summed E-state index contributed by atoms with van der Waals surface area (Å²) in [6, 6.07) is 4.03. The largest absolute Gasteiger partial charge is 0.496 e. The monoisotopic (exact) mass is 279 g/mol. The van der Waals surface area contributed by atoms with E-state index in [4.69, 9.17) is 19.9 Å². The minimum absolute atomic E-state index is 0.0228. The van der Waals surface area contributed by atoms with E-state index in [0.29, 0.717) is 5.75 Å². The van der Waals surface area contributed by atoms with Crippen molar-refractivity contribution < 1.29 is 14.2 Å². The molecular formula is C16H25NO3. The third kappa shape index (κ3) is 2.57. The van der Waals surface area contributed by atoms with Crippen molar-refractivity contribution in [1.29, 1.82) is 0 Å². The Morgan fingerprint density at radius 1 is 1.00 bits per heavy atom. The second-order valence-electron chi connectivity index (χ2n) is 5.81. The van der Waals surface area contributed by atoms with E-state index in [-0.39, 0.29) is 17.6 Å². The number of hydrogen-bond donors (Lipinski definition) is 1. The highest BCUT2D eigenvalue weighted by Gasteiger charge is 2.49. The number of methoxy groups -OCH3 is 2. The summed E-state index contributed by atoms with van der Waals surface area (Å²) in [6.45, 7) is 6.03. The van der Waals surface area contributed by atoms with E-state index in [0.717, 1.165) is 29.9 Å². The van der Waals surface area contributed by atoms with E-state index in [9.17, 15) is 0 Å². The third-order valence-corrected chi connectivity index (χ3v) is 4.05. The summed E-state index contributed by atoms with van der Waals surface area (Å²) in [7, 11) is 3.34. The molecule has 0 heterocycles. The molecule has 0 radical (unpaired) electrons. The zero-order valence-electron chi connectivity index (χ0n) is 13.0. The maximum Gasteiger partial charge on any atom is 0.165 e. The van der Waals surface area contributed by atoms with Crippen LogP contribution in [-0.4, -0.2) is 26.4 Å². The highest BCUT2D eigenvalue weighted by atomic mass is 16.5. The molecule has 1 aliphatic carbocycles. The Labute approximate surface area is 121 Å². The van der Waals surface area contributed by atoms with Crippen molar-refractivity contribution >= 4 is 0 Å². The number of nitrogens with two attached hydrogens (primary N) is 1. The average molecular weight is 279 g/mol. The molecule has 1 unspecified atom stereocenters. The second-order valence-corrected chi connectivity index (χ2v) is 5.81. The second kappa shape index (κ2) is 5.52. The molecule has 1 aromatic rings. The molecule has 112 valence electrons. The molecule has 2 rings (SSSR count). The van der Waals surface area contributed by atoms with E-state index in [1.807, 2.05) is 26.0 Å². The van der Waals surface area contributed by atoms with Crippen LogP contribution in [0.5, 0.6) is 17.2 Å². The van der Waals surface area contributed by atoms with Gasteiger partial charge < -0.3 is 19.9 Å². The van der Waals surface area contributed by atoms with Crippen molar-refractivity contribution in [3.63, 3.8) is 0 Å². The van der Waals surface area contributed by atoms with Crippen molar-refractivity contribution in [2.75, 3.05) is 14.2 Å². The summed E-state index contributed by atoms with van der Waals surface area (Å²) < 4.78 is 16.8. The van der Waals surface area contributed by atoms with E-state index in [1.54, 1.807) is 14.2 Å². The van der Waals surface area contributed by atoms with Crippen molar-refractivity contribution in [2.45, 2.75) is 51.2 Å². The van der Waals surface area contributed by atoms with Crippen LogP contribution in [0, 0.1) is 0 Å². The normalized spacial score (nSPS) is 17.8. The fourth-order valence-electron chi connectivity index (χ4n) is 2.71. The number of rotatable bonds is 6. The lowest BCUT2D eigenvalue weighted by atomic mass is 9.88. The van der Waals surface area contributed by atoms with Crippen LogP contribution in [0.2, 0.25) is 0 Å². The van der Waals surface area contributed by atoms with E-state index < -0.39 is 0 Å². The Kier molecular flexibility index (Phi) is 4.14. The lowest BCUT2D eigenvalue weighted by Gasteiger charge is -2.24. The van der Waals surface area contributed by atoms with Gasteiger partial charge in [-0.05, 0) is 39.7 Å². The van der Waals surface area contributed by atoms with Gasteiger partial charge in [-0.1, -0.05) is 0 Å². The molecule has 0 aliphatic heterocycles. The van der Waals surface area contributed by atoms with Gasteiger partial charge in [-0.25, -0.2) is 0 Å². The molecule has 4 nitrogen and oxygen atoms in total. The van der Waals surface area contributed by atoms with Crippen LogP contribution in [0.25, 0.3) is 0 Å². The topological polar surface area (TPSA) is 53.7 Å². The molecule has 1 fully saturated rings. The van der Waals surface area contributed by atoms with Crippen molar-refractivity contribution in [3.05, 3.63) is 17.7 Å². The summed E-state index contributed by atoms with van der Waals surface area (Å²) in [5, 5.41) is 0. The molecule has 4 heteroatoms. The predicted molar refractivity (Wildman–Crippen MR) is 79.9 cm³/mol. The minimum Gasteiger partial charge on any atom is -0.496 e. The fraction of sp³-hybridized carbons (Fsp3) is 0.625. The Morgan fingerprint density at radius 3 is 2.00 bits per heavy atom. The van der Waals surface area contributed by atoms with Crippen LogP contribution < -0.4 is 19.9 Å². The van der Waals surface area contributed by atoms with Gasteiger partial charge in [0.25, 0.3) is 0 Å². The van der Waals surface area contributed by atoms with E-state index in [2.05, 4.69) is 6.92 Å². The number of hydrogen-bond acceptors (Lipinski definition) is 4. The zero-order valence-corrected chi connectivity index (χ0v) is 13.0. The quantitative estimate of drug-likeness (QED) is 0.870. The summed E-state index contributed by atoms with van der Waals surface area (Å²) in [5.41, 5.74) is 7.32. The van der Waals surface area contributed by atoms with Gasteiger partial charge in [0.15, 0.2) is 11.5 Å². The van der Waals surface area contributed by atoms with Crippen LogP contribution in [0.4, 0.5) is 0 Å². The van der Waals surface area contributed by atoms with Crippen LogP contribution >= 0.6 is 0 Å². The molecule has 0 bridgehead atoms. The SMILES string of the molecule is COc1cc(C2(C(C)N)CC2)c(OC)cc1OC(C)C. The van der Waals surface area contributed by atoms with Crippen LogP contribution in [-0.2, 0) is 5.41 Å². The molecule has 1 atom stereocenters. The predicted octanol–water partition coefficient (Wildman–Crippen LogP) is 2.87. The van der Waals surface area contributed by atoms with E-state index in [1.165, 1.54) is 0 Å². The van der Waals surface area contributed by atoms with Crippen molar-refractivity contribution in [1.82, 2.24) is 0 Å². The molecular weight excluding hydrogens is 254 g/mol. The molecule has 0 saturated heterocycles. The highest BCUT2D eigenvalue weighted by Crippen LogP contribution is 2.55. The van der Waals surface area contributed by atoms with E-state index >= 15 is 0 Å². The summed E-state index contributed by atoms with van der Waals surface area (Å²) in [6.07, 6.45) is 2.27. The average Bonchev–Trinajstić information content (AvgIpc) is 3.19. The van der Waals surface area contributed by atoms with Gasteiger partial charge in [0, 0.05) is 23.1 Å². The standard InChI is InChI=1S/C16H25NO3/c1-10(2)20-15-9-13(18-4)12(8-14(15)19-5)16(6-7-16)11(3)17/h8-11H,6-7,17H2,1-5H3. The minimum atomic E-state index is 0.0228. The van der Waals surface area contributed by atoms with Crippen molar-refractivity contribution in [2.24, 2.45) is 5.73 Å². The first-order valence-electron chi connectivity index (χ1n) is 7.13. The van der Waals surface area contributed by atoms with Gasteiger partial charge in [0.1, 0.15) is 5.75 Å². The van der Waals surface area contributed by atoms with Gasteiger partial charge in [0.05, 0.1) is 20.3 Å². The Morgan fingerprint density at radius 2 is 1.60 bits per heavy atom. The highest BCUT2D eigenvalue weighted by molar-refractivity contribution is 5.55. The van der Waals surface area contributed by atoms with Gasteiger partial charge in [-0.3, -0.25) is 0 Å². The van der Waals surface area contributed by atoms with Gasteiger partial charge in [-0.2, -0.15) is 0 Å². The Balaban J connectivity index is 2.48. The summed E-state index contributed by atoms with van der Waals surface area (Å²) >= 11 is 0.